The summed E-state index contributed by atoms with van der Waals surface area (Å²) in [4.78, 5) is 10.3. The van der Waals surface area contributed by atoms with Gasteiger partial charge in [-0.2, -0.15) is 12.6 Å². The number of unbranched alkanes of at least 4 members (excludes halogenated alkanes) is 3. The van der Waals surface area contributed by atoms with Gasteiger partial charge in [0.15, 0.2) is 0 Å². The molecule has 12 heavy (non-hydrogen) atoms. The van der Waals surface area contributed by atoms with E-state index < -0.39 is 11.2 Å². The zero-order chi connectivity index (χ0) is 9.40. The van der Waals surface area contributed by atoms with Gasteiger partial charge in [0.2, 0.25) is 0 Å². The predicted molar refractivity (Wildman–Crippen MR) is 50.6 cm³/mol. The minimum absolute atomic E-state index is 0.225. The van der Waals surface area contributed by atoms with Gasteiger partial charge in [0, 0.05) is 6.61 Å². The van der Waals surface area contributed by atoms with Crippen LogP contribution >= 0.6 is 12.6 Å². The normalized spacial score (nSPS) is 12.8. The van der Waals surface area contributed by atoms with Crippen molar-refractivity contribution in [3.05, 3.63) is 0 Å². The molecular weight excluding hydrogens is 176 g/mol. The van der Waals surface area contributed by atoms with Crippen LogP contribution in [0.1, 0.15) is 32.1 Å². The average molecular weight is 192 g/mol. The molecular formula is C8H16O3S. The van der Waals surface area contributed by atoms with Gasteiger partial charge in [-0.15, -0.1) is 0 Å². The number of carbonyl (C=O) groups is 1. The molecule has 0 rings (SSSR count). The molecule has 0 aromatic carbocycles. The van der Waals surface area contributed by atoms with Crippen molar-refractivity contribution in [1.82, 2.24) is 0 Å². The molecule has 0 fully saturated rings. The monoisotopic (exact) mass is 192 g/mol. The fourth-order valence-electron chi connectivity index (χ4n) is 0.927. The second kappa shape index (κ2) is 7.43. The topological polar surface area (TPSA) is 57.5 Å². The number of hydrogen-bond acceptors (Lipinski definition) is 3. The Hall–Kier alpha value is -0.220. The maximum absolute atomic E-state index is 10.3. The summed E-state index contributed by atoms with van der Waals surface area (Å²) in [6.45, 7) is 0.225. The number of carboxylic acid groups (broad SMARTS) is 1. The van der Waals surface area contributed by atoms with E-state index in [1.165, 1.54) is 0 Å². The number of thiol groups is 1. The van der Waals surface area contributed by atoms with E-state index in [0.29, 0.717) is 6.42 Å². The molecule has 1 unspecified atom stereocenters. The van der Waals surface area contributed by atoms with Gasteiger partial charge in [0.25, 0.3) is 0 Å². The lowest BCUT2D eigenvalue weighted by Gasteiger charge is -2.03. The number of aliphatic hydroxyl groups is 1. The SMILES string of the molecule is O=C(O)C(S)CCCCCCO. The van der Waals surface area contributed by atoms with E-state index in [0.717, 1.165) is 25.7 Å². The molecule has 0 spiro atoms. The summed E-state index contributed by atoms with van der Waals surface area (Å²) >= 11 is 3.90. The van der Waals surface area contributed by atoms with Crippen LogP contribution in [0.25, 0.3) is 0 Å². The van der Waals surface area contributed by atoms with Crippen LogP contribution in [0.15, 0.2) is 0 Å². The van der Waals surface area contributed by atoms with E-state index in [1.807, 2.05) is 0 Å². The summed E-state index contributed by atoms with van der Waals surface area (Å²) in [5.41, 5.74) is 0. The molecule has 0 aromatic rings. The lowest BCUT2D eigenvalue weighted by Crippen LogP contribution is -2.12. The summed E-state index contributed by atoms with van der Waals surface area (Å²) in [5.74, 6) is -0.847. The molecule has 72 valence electrons. The Morgan fingerprint density at radius 1 is 1.25 bits per heavy atom. The maximum Gasteiger partial charge on any atom is 0.316 e. The smallest absolute Gasteiger partial charge is 0.316 e. The Morgan fingerprint density at radius 2 is 1.83 bits per heavy atom. The molecule has 1 atom stereocenters. The summed E-state index contributed by atoms with van der Waals surface area (Å²) < 4.78 is 0. The van der Waals surface area contributed by atoms with Crippen LogP contribution in [0.2, 0.25) is 0 Å². The van der Waals surface area contributed by atoms with Crippen LogP contribution in [-0.4, -0.2) is 28.0 Å². The molecule has 0 bridgehead atoms. The van der Waals surface area contributed by atoms with Gasteiger partial charge in [0.1, 0.15) is 0 Å². The largest absolute Gasteiger partial charge is 0.480 e. The van der Waals surface area contributed by atoms with Gasteiger partial charge >= 0.3 is 5.97 Å². The van der Waals surface area contributed by atoms with Crippen molar-refractivity contribution in [3.63, 3.8) is 0 Å². The minimum Gasteiger partial charge on any atom is -0.480 e. The lowest BCUT2D eigenvalue weighted by molar-refractivity contribution is -0.136. The Balaban J connectivity index is 3.14. The number of hydrogen-bond donors (Lipinski definition) is 3. The maximum atomic E-state index is 10.3. The molecule has 4 heteroatoms. The van der Waals surface area contributed by atoms with Crippen molar-refractivity contribution >= 4 is 18.6 Å². The number of rotatable bonds is 7. The molecule has 2 N–H and O–H groups in total. The molecule has 0 amide bonds. The highest BCUT2D eigenvalue weighted by atomic mass is 32.1. The van der Waals surface area contributed by atoms with Gasteiger partial charge in [-0.3, -0.25) is 4.79 Å². The summed E-state index contributed by atoms with van der Waals surface area (Å²) in [7, 11) is 0. The van der Waals surface area contributed by atoms with Crippen molar-refractivity contribution in [3.8, 4) is 0 Å². The zero-order valence-electron chi connectivity index (χ0n) is 7.07. The highest BCUT2D eigenvalue weighted by molar-refractivity contribution is 7.81. The zero-order valence-corrected chi connectivity index (χ0v) is 7.96. The van der Waals surface area contributed by atoms with Crippen LogP contribution in [0.4, 0.5) is 0 Å². The van der Waals surface area contributed by atoms with E-state index in [1.54, 1.807) is 0 Å². The van der Waals surface area contributed by atoms with Crippen LogP contribution in [0.5, 0.6) is 0 Å². The Labute approximate surface area is 78.2 Å². The van der Waals surface area contributed by atoms with Gasteiger partial charge in [-0.05, 0) is 12.8 Å². The van der Waals surface area contributed by atoms with E-state index in [4.69, 9.17) is 10.2 Å². The van der Waals surface area contributed by atoms with Crippen LogP contribution in [0.3, 0.4) is 0 Å². The van der Waals surface area contributed by atoms with Gasteiger partial charge in [0.05, 0.1) is 5.25 Å². The number of carboxylic acids is 1. The standard InChI is InChI=1S/C8H16O3S/c9-6-4-2-1-3-5-7(12)8(10)11/h7,9,12H,1-6H2,(H,10,11). The first-order chi connectivity index (χ1) is 5.68. The lowest BCUT2D eigenvalue weighted by atomic mass is 10.1. The molecule has 3 nitrogen and oxygen atoms in total. The van der Waals surface area contributed by atoms with Crippen molar-refractivity contribution in [2.45, 2.75) is 37.4 Å². The second-order valence-electron chi connectivity index (χ2n) is 2.78. The van der Waals surface area contributed by atoms with Crippen molar-refractivity contribution < 1.29 is 15.0 Å². The molecule has 0 aliphatic heterocycles. The quantitative estimate of drug-likeness (QED) is 0.421. The van der Waals surface area contributed by atoms with Crippen LogP contribution in [0, 0.1) is 0 Å². The van der Waals surface area contributed by atoms with E-state index in [-0.39, 0.29) is 6.61 Å². The average Bonchev–Trinajstić information content (AvgIpc) is 2.03. The third-order valence-corrected chi connectivity index (χ3v) is 2.15. The third-order valence-electron chi connectivity index (χ3n) is 1.67. The van der Waals surface area contributed by atoms with Crippen molar-refractivity contribution in [2.75, 3.05) is 6.61 Å². The molecule has 0 aliphatic rings. The fraction of sp³-hybridized carbons (Fsp3) is 0.875. The first-order valence-electron chi connectivity index (χ1n) is 4.20. The van der Waals surface area contributed by atoms with Gasteiger partial charge < -0.3 is 10.2 Å². The second-order valence-corrected chi connectivity index (χ2v) is 3.40. The van der Waals surface area contributed by atoms with Crippen LogP contribution < -0.4 is 0 Å². The minimum atomic E-state index is -0.847. The molecule has 0 aliphatic carbocycles. The third kappa shape index (κ3) is 6.49. The van der Waals surface area contributed by atoms with Crippen molar-refractivity contribution in [1.29, 1.82) is 0 Å². The van der Waals surface area contributed by atoms with Crippen molar-refractivity contribution in [2.24, 2.45) is 0 Å². The Morgan fingerprint density at radius 3 is 2.33 bits per heavy atom. The van der Waals surface area contributed by atoms with E-state index >= 15 is 0 Å². The molecule has 0 aromatic heterocycles. The van der Waals surface area contributed by atoms with E-state index in [9.17, 15) is 4.79 Å². The summed E-state index contributed by atoms with van der Waals surface area (Å²) in [6, 6.07) is 0. The first kappa shape index (κ1) is 11.8. The number of aliphatic hydroxyl groups excluding tert-OH is 1. The summed E-state index contributed by atoms with van der Waals surface area (Å²) in [5, 5.41) is 16.4. The Kier molecular flexibility index (Phi) is 7.29. The molecule has 0 heterocycles. The number of aliphatic carboxylic acids is 1. The van der Waals surface area contributed by atoms with Gasteiger partial charge in [-0.25, -0.2) is 0 Å². The Bertz CT molecular complexity index is 127. The fourth-order valence-corrected chi connectivity index (χ4v) is 1.11. The molecule has 0 saturated carbocycles. The highest BCUT2D eigenvalue weighted by Crippen LogP contribution is 2.09. The molecule has 0 saturated heterocycles. The van der Waals surface area contributed by atoms with Gasteiger partial charge in [-0.1, -0.05) is 19.3 Å². The predicted octanol–water partition coefficient (Wildman–Crippen LogP) is 1.31. The summed E-state index contributed by atoms with van der Waals surface area (Å²) in [6.07, 6.45) is 4.25. The first-order valence-corrected chi connectivity index (χ1v) is 4.72. The highest BCUT2D eigenvalue weighted by Gasteiger charge is 2.10. The molecule has 0 radical (unpaired) electrons. The van der Waals surface area contributed by atoms with E-state index in [2.05, 4.69) is 12.6 Å². The van der Waals surface area contributed by atoms with Crippen LogP contribution in [-0.2, 0) is 4.79 Å².